The summed E-state index contributed by atoms with van der Waals surface area (Å²) in [5, 5.41) is 3.97. The molecule has 0 aliphatic heterocycles. The first-order chi connectivity index (χ1) is 8.70. The van der Waals surface area contributed by atoms with E-state index in [1.54, 1.807) is 6.20 Å². The summed E-state index contributed by atoms with van der Waals surface area (Å²) in [6.45, 7) is 5.79. The van der Waals surface area contributed by atoms with Crippen LogP contribution in [-0.2, 0) is 6.54 Å². The van der Waals surface area contributed by atoms with Gasteiger partial charge in [-0.3, -0.25) is 0 Å². The zero-order valence-corrected chi connectivity index (χ0v) is 11.4. The predicted molar refractivity (Wildman–Crippen MR) is 73.7 cm³/mol. The fourth-order valence-corrected chi connectivity index (χ4v) is 1.92. The summed E-state index contributed by atoms with van der Waals surface area (Å²) in [7, 11) is 0. The number of rotatable bonds is 5. The van der Waals surface area contributed by atoms with Crippen molar-refractivity contribution >= 4 is 11.6 Å². The molecule has 1 N–H and O–H groups in total. The normalized spacial score (nSPS) is 10.8. The van der Waals surface area contributed by atoms with Gasteiger partial charge in [0, 0.05) is 10.6 Å². The lowest BCUT2D eigenvalue weighted by molar-refractivity contribution is 0.477. The number of oxazole rings is 1. The Balaban J connectivity index is 2.16. The van der Waals surface area contributed by atoms with E-state index in [-0.39, 0.29) is 0 Å². The van der Waals surface area contributed by atoms with Gasteiger partial charge in [0.2, 0.25) is 5.89 Å². The zero-order chi connectivity index (χ0) is 13.0. The summed E-state index contributed by atoms with van der Waals surface area (Å²) in [5.74, 6) is 1.47. The highest BCUT2D eigenvalue weighted by molar-refractivity contribution is 6.30. The molecule has 1 aromatic heterocycles. The molecule has 2 rings (SSSR count). The fourth-order valence-electron chi connectivity index (χ4n) is 1.75. The van der Waals surface area contributed by atoms with Crippen LogP contribution < -0.4 is 5.32 Å². The molecule has 0 bridgehead atoms. The lowest BCUT2D eigenvalue weighted by Gasteiger charge is -2.02. The number of aromatic nitrogens is 1. The van der Waals surface area contributed by atoms with Gasteiger partial charge < -0.3 is 9.73 Å². The van der Waals surface area contributed by atoms with Gasteiger partial charge in [-0.15, -0.1) is 0 Å². The molecule has 0 unspecified atom stereocenters. The van der Waals surface area contributed by atoms with E-state index >= 15 is 0 Å². The van der Waals surface area contributed by atoms with Crippen molar-refractivity contribution in [2.24, 2.45) is 0 Å². The van der Waals surface area contributed by atoms with Gasteiger partial charge in [-0.25, -0.2) is 4.98 Å². The van der Waals surface area contributed by atoms with Gasteiger partial charge in [0.1, 0.15) is 0 Å². The first kappa shape index (κ1) is 13.1. The largest absolute Gasteiger partial charge is 0.439 e. The lowest BCUT2D eigenvalue weighted by atomic mass is 10.1. The first-order valence-electron chi connectivity index (χ1n) is 6.12. The third-order valence-corrected chi connectivity index (χ3v) is 2.96. The SMILES string of the molecule is CCCNCc1ncc(-c2cc(Cl)ccc2C)o1. The van der Waals surface area contributed by atoms with Crippen LogP contribution in [0.3, 0.4) is 0 Å². The van der Waals surface area contributed by atoms with Gasteiger partial charge in [-0.2, -0.15) is 0 Å². The van der Waals surface area contributed by atoms with Crippen LogP contribution in [0.4, 0.5) is 0 Å². The summed E-state index contributed by atoms with van der Waals surface area (Å²) in [5.41, 5.74) is 2.13. The molecule has 18 heavy (non-hydrogen) atoms. The Morgan fingerprint density at radius 3 is 3.00 bits per heavy atom. The topological polar surface area (TPSA) is 38.1 Å². The molecule has 0 saturated heterocycles. The van der Waals surface area contributed by atoms with Crippen molar-refractivity contribution in [3.05, 3.63) is 40.9 Å². The van der Waals surface area contributed by atoms with E-state index in [0.29, 0.717) is 17.5 Å². The van der Waals surface area contributed by atoms with Crippen LogP contribution in [0.2, 0.25) is 5.02 Å². The van der Waals surface area contributed by atoms with Gasteiger partial charge in [0.25, 0.3) is 0 Å². The highest BCUT2D eigenvalue weighted by Crippen LogP contribution is 2.27. The number of nitrogens with one attached hydrogen (secondary N) is 1. The molecule has 0 aliphatic carbocycles. The summed E-state index contributed by atoms with van der Waals surface area (Å²) in [6.07, 6.45) is 2.85. The smallest absolute Gasteiger partial charge is 0.208 e. The van der Waals surface area contributed by atoms with Gasteiger partial charge in [-0.1, -0.05) is 24.6 Å². The maximum Gasteiger partial charge on any atom is 0.208 e. The number of halogens is 1. The van der Waals surface area contributed by atoms with Crippen LogP contribution in [0, 0.1) is 6.92 Å². The summed E-state index contributed by atoms with van der Waals surface area (Å²) < 4.78 is 5.72. The second-order valence-corrected chi connectivity index (χ2v) is 4.69. The molecule has 1 aromatic carbocycles. The summed E-state index contributed by atoms with van der Waals surface area (Å²) >= 11 is 6.00. The van der Waals surface area contributed by atoms with E-state index in [9.17, 15) is 0 Å². The van der Waals surface area contributed by atoms with Crippen molar-refractivity contribution in [3.8, 4) is 11.3 Å². The Kier molecular flexibility index (Phi) is 4.39. The minimum Gasteiger partial charge on any atom is -0.439 e. The predicted octanol–water partition coefficient (Wildman–Crippen LogP) is 3.80. The molecular weight excluding hydrogens is 248 g/mol. The number of hydrogen-bond acceptors (Lipinski definition) is 3. The van der Waals surface area contributed by atoms with Crippen molar-refractivity contribution < 1.29 is 4.42 Å². The molecule has 0 saturated carbocycles. The Labute approximate surface area is 112 Å². The van der Waals surface area contributed by atoms with Gasteiger partial charge in [-0.05, 0) is 37.6 Å². The number of hydrogen-bond donors (Lipinski definition) is 1. The molecule has 0 spiro atoms. The standard InChI is InChI=1S/C14H17ClN2O/c1-3-6-16-9-14-17-8-13(18-14)12-7-11(15)5-4-10(12)2/h4-5,7-8,16H,3,6,9H2,1-2H3. The van der Waals surface area contributed by atoms with Crippen LogP contribution in [0.15, 0.2) is 28.8 Å². The molecule has 96 valence electrons. The highest BCUT2D eigenvalue weighted by atomic mass is 35.5. The maximum absolute atomic E-state index is 6.00. The van der Waals surface area contributed by atoms with Crippen LogP contribution >= 0.6 is 11.6 Å². The molecule has 0 radical (unpaired) electrons. The monoisotopic (exact) mass is 264 g/mol. The average Bonchev–Trinajstić information content (AvgIpc) is 2.81. The molecule has 4 heteroatoms. The highest BCUT2D eigenvalue weighted by Gasteiger charge is 2.09. The van der Waals surface area contributed by atoms with E-state index in [4.69, 9.17) is 16.0 Å². The molecule has 0 atom stereocenters. The molecule has 2 aromatic rings. The Morgan fingerprint density at radius 1 is 1.39 bits per heavy atom. The second kappa shape index (κ2) is 6.03. The van der Waals surface area contributed by atoms with E-state index in [1.807, 2.05) is 25.1 Å². The van der Waals surface area contributed by atoms with Crippen LogP contribution in [0.1, 0.15) is 24.8 Å². The van der Waals surface area contributed by atoms with E-state index in [0.717, 1.165) is 29.9 Å². The fraction of sp³-hybridized carbons (Fsp3) is 0.357. The first-order valence-corrected chi connectivity index (χ1v) is 6.50. The molecule has 0 amide bonds. The van der Waals surface area contributed by atoms with Crippen molar-refractivity contribution in [2.75, 3.05) is 6.54 Å². The van der Waals surface area contributed by atoms with E-state index in [2.05, 4.69) is 17.2 Å². The van der Waals surface area contributed by atoms with Crippen LogP contribution in [0.25, 0.3) is 11.3 Å². The minimum absolute atomic E-state index is 0.660. The van der Waals surface area contributed by atoms with Gasteiger partial charge in [0.05, 0.1) is 12.7 Å². The molecule has 0 aliphatic rings. The van der Waals surface area contributed by atoms with Gasteiger partial charge in [0.15, 0.2) is 5.76 Å². The maximum atomic E-state index is 6.00. The van der Waals surface area contributed by atoms with Gasteiger partial charge >= 0.3 is 0 Å². The van der Waals surface area contributed by atoms with Crippen molar-refractivity contribution in [1.29, 1.82) is 0 Å². The van der Waals surface area contributed by atoms with E-state index < -0.39 is 0 Å². The third kappa shape index (κ3) is 3.12. The van der Waals surface area contributed by atoms with Crippen LogP contribution in [0.5, 0.6) is 0 Å². The quantitative estimate of drug-likeness (QED) is 0.835. The lowest BCUT2D eigenvalue weighted by Crippen LogP contribution is -2.13. The molecule has 1 heterocycles. The van der Waals surface area contributed by atoms with Crippen LogP contribution in [-0.4, -0.2) is 11.5 Å². The molecular formula is C14H17ClN2O. The van der Waals surface area contributed by atoms with Crippen molar-refractivity contribution in [2.45, 2.75) is 26.8 Å². The summed E-state index contributed by atoms with van der Waals surface area (Å²) in [6, 6.07) is 5.76. The number of aryl methyl sites for hydroxylation is 1. The van der Waals surface area contributed by atoms with E-state index in [1.165, 1.54) is 0 Å². The Hall–Kier alpha value is -1.32. The Morgan fingerprint density at radius 2 is 2.22 bits per heavy atom. The number of nitrogens with zero attached hydrogens (tertiary/aromatic N) is 1. The average molecular weight is 265 g/mol. The molecule has 0 fully saturated rings. The second-order valence-electron chi connectivity index (χ2n) is 4.25. The molecule has 3 nitrogen and oxygen atoms in total. The Bertz CT molecular complexity index is 522. The zero-order valence-electron chi connectivity index (χ0n) is 10.7. The van der Waals surface area contributed by atoms with Crippen molar-refractivity contribution in [1.82, 2.24) is 10.3 Å². The van der Waals surface area contributed by atoms with Crippen molar-refractivity contribution in [3.63, 3.8) is 0 Å². The minimum atomic E-state index is 0.660. The summed E-state index contributed by atoms with van der Waals surface area (Å²) in [4.78, 5) is 4.26. The number of benzene rings is 1. The third-order valence-electron chi connectivity index (χ3n) is 2.72.